The molecule has 1 amide bonds. The van der Waals surface area contributed by atoms with Crippen molar-refractivity contribution in [2.24, 2.45) is 23.7 Å². The van der Waals surface area contributed by atoms with E-state index in [1.165, 1.54) is 37.7 Å². The summed E-state index contributed by atoms with van der Waals surface area (Å²) >= 11 is 0. The van der Waals surface area contributed by atoms with E-state index in [-0.39, 0.29) is 12.5 Å². The molecule has 0 spiro atoms. The number of hydrogen-bond donors (Lipinski definition) is 3. The Morgan fingerprint density at radius 3 is 2.27 bits per heavy atom. The first-order valence-electron chi connectivity index (χ1n) is 11.6. The lowest BCUT2D eigenvalue weighted by Gasteiger charge is -2.55. The fraction of sp³-hybridized carbons (Fsp3) is 0.696. The van der Waals surface area contributed by atoms with Gasteiger partial charge in [0.1, 0.15) is 0 Å². The summed E-state index contributed by atoms with van der Waals surface area (Å²) in [5.41, 5.74) is 1.18. The Balaban J connectivity index is 1.17. The smallest absolute Gasteiger partial charge is 0.236 e. The summed E-state index contributed by atoms with van der Waals surface area (Å²) in [6, 6.07) is 10.4. The molecule has 1 aromatic carbocycles. The molecule has 0 aromatic heterocycles. The Labute approximate surface area is 181 Å². The van der Waals surface area contributed by atoms with Crippen LogP contribution in [0.2, 0.25) is 0 Å². The van der Waals surface area contributed by atoms with Gasteiger partial charge in [-0.2, -0.15) is 8.61 Å². The molecule has 1 heterocycles. The average molecular weight is 434 g/mol. The molecule has 7 heteroatoms. The van der Waals surface area contributed by atoms with Gasteiger partial charge in [0.15, 0.2) is 0 Å². The number of carbonyl (C=O) groups is 1. The summed E-state index contributed by atoms with van der Waals surface area (Å²) in [4.78, 5) is 12.9. The molecule has 6 rings (SSSR count). The van der Waals surface area contributed by atoms with Gasteiger partial charge in [-0.05, 0) is 74.2 Å². The van der Waals surface area contributed by atoms with Crippen molar-refractivity contribution >= 4 is 16.9 Å². The van der Waals surface area contributed by atoms with E-state index in [1.54, 1.807) is 8.61 Å². The standard InChI is InChI=1S/C23H35N3O3S/c27-22(24-23-20-12-18-11-19(14-20)15-21(23)13-18)16-26-9-4-8-25(30(26,28)29)10-7-17-5-2-1-3-6-17/h1-3,5-6,18-21,23,28-29H,4,7-16H2,(H,24,27). The third kappa shape index (κ3) is 4.15. The van der Waals surface area contributed by atoms with Gasteiger partial charge in [-0.15, -0.1) is 0 Å². The van der Waals surface area contributed by atoms with Gasteiger partial charge in [0, 0.05) is 25.7 Å². The van der Waals surface area contributed by atoms with Gasteiger partial charge in [0.05, 0.1) is 6.54 Å². The second-order valence-corrected chi connectivity index (χ2v) is 11.9. The van der Waals surface area contributed by atoms with Crippen molar-refractivity contribution in [1.82, 2.24) is 13.9 Å². The zero-order chi connectivity index (χ0) is 20.7. The molecule has 30 heavy (non-hydrogen) atoms. The molecule has 4 saturated carbocycles. The van der Waals surface area contributed by atoms with Gasteiger partial charge in [-0.25, -0.2) is 0 Å². The molecule has 5 aliphatic rings. The van der Waals surface area contributed by atoms with Gasteiger partial charge < -0.3 is 5.32 Å². The first kappa shape index (κ1) is 20.8. The molecule has 3 N–H and O–H groups in total. The maximum atomic E-state index is 12.9. The van der Waals surface area contributed by atoms with Crippen LogP contribution in [0.15, 0.2) is 30.3 Å². The van der Waals surface area contributed by atoms with Crippen molar-refractivity contribution in [2.45, 2.75) is 51.0 Å². The minimum Gasteiger partial charge on any atom is -0.352 e. The lowest BCUT2D eigenvalue weighted by Crippen LogP contribution is -2.57. The van der Waals surface area contributed by atoms with Crippen LogP contribution in [0.4, 0.5) is 0 Å². The molecular formula is C23H35N3O3S. The summed E-state index contributed by atoms with van der Waals surface area (Å²) in [7, 11) is -3.08. The maximum Gasteiger partial charge on any atom is 0.236 e. The van der Waals surface area contributed by atoms with Crippen LogP contribution >= 0.6 is 11.0 Å². The van der Waals surface area contributed by atoms with Crippen LogP contribution in [-0.2, 0) is 11.2 Å². The van der Waals surface area contributed by atoms with Crippen molar-refractivity contribution in [2.75, 3.05) is 26.2 Å². The summed E-state index contributed by atoms with van der Waals surface area (Å²) in [6.45, 7) is 1.87. The van der Waals surface area contributed by atoms with Crippen molar-refractivity contribution in [3.05, 3.63) is 35.9 Å². The highest BCUT2D eigenvalue weighted by molar-refractivity contribution is 8.20. The third-order valence-corrected chi connectivity index (χ3v) is 9.94. The molecule has 1 saturated heterocycles. The zero-order valence-electron chi connectivity index (χ0n) is 17.7. The van der Waals surface area contributed by atoms with E-state index in [9.17, 15) is 13.9 Å². The summed E-state index contributed by atoms with van der Waals surface area (Å²) in [5, 5.41) is 3.31. The highest BCUT2D eigenvalue weighted by Gasteiger charge is 2.48. The van der Waals surface area contributed by atoms with Gasteiger partial charge in [0.2, 0.25) is 5.91 Å². The first-order chi connectivity index (χ1) is 14.5. The summed E-state index contributed by atoms with van der Waals surface area (Å²) < 4.78 is 25.2. The number of benzene rings is 1. The van der Waals surface area contributed by atoms with Crippen LogP contribution in [0, 0.1) is 23.7 Å². The quantitative estimate of drug-likeness (QED) is 0.637. The topological polar surface area (TPSA) is 76.0 Å². The fourth-order valence-electron chi connectivity index (χ4n) is 6.68. The maximum absolute atomic E-state index is 12.9. The largest absolute Gasteiger partial charge is 0.352 e. The molecule has 0 radical (unpaired) electrons. The number of nitrogens with zero attached hydrogens (tertiary/aromatic N) is 2. The van der Waals surface area contributed by atoms with Crippen molar-refractivity contribution < 1.29 is 13.9 Å². The summed E-state index contributed by atoms with van der Waals surface area (Å²) in [6.07, 6.45) is 8.09. The number of carbonyl (C=O) groups excluding carboxylic acids is 1. The predicted molar refractivity (Wildman–Crippen MR) is 120 cm³/mol. The Hall–Kier alpha value is -1.12. The van der Waals surface area contributed by atoms with Crippen molar-refractivity contribution in [1.29, 1.82) is 0 Å². The van der Waals surface area contributed by atoms with E-state index in [0.29, 0.717) is 37.5 Å². The molecule has 1 aromatic rings. The Morgan fingerprint density at radius 1 is 0.967 bits per heavy atom. The van der Waals surface area contributed by atoms with Crippen LogP contribution in [0.5, 0.6) is 0 Å². The molecule has 5 fully saturated rings. The first-order valence-corrected chi connectivity index (χ1v) is 13.1. The van der Waals surface area contributed by atoms with Crippen LogP contribution in [-0.4, -0.2) is 55.8 Å². The highest BCUT2D eigenvalue weighted by Crippen LogP contribution is 2.54. The minimum absolute atomic E-state index is 0.0441. The predicted octanol–water partition coefficient (Wildman–Crippen LogP) is 3.76. The lowest BCUT2D eigenvalue weighted by molar-refractivity contribution is -0.125. The number of nitrogens with one attached hydrogen (secondary N) is 1. The van der Waals surface area contributed by atoms with E-state index in [4.69, 9.17) is 0 Å². The number of rotatable bonds is 6. The third-order valence-electron chi connectivity index (χ3n) is 7.87. The van der Waals surface area contributed by atoms with Gasteiger partial charge >= 0.3 is 0 Å². The highest BCUT2D eigenvalue weighted by atomic mass is 32.3. The SMILES string of the molecule is O=C(CN1CCCN(CCc2ccccc2)S1(O)O)NC1C2CC3CC(C2)CC1C3. The Bertz CT molecular complexity index is 731. The van der Waals surface area contributed by atoms with Gasteiger partial charge in [-0.3, -0.25) is 13.9 Å². The monoisotopic (exact) mass is 433 g/mol. The Morgan fingerprint density at radius 2 is 1.60 bits per heavy atom. The molecule has 0 atom stereocenters. The van der Waals surface area contributed by atoms with Crippen molar-refractivity contribution in [3.63, 3.8) is 0 Å². The second kappa shape index (κ2) is 8.43. The second-order valence-electron chi connectivity index (χ2n) is 9.90. The van der Waals surface area contributed by atoms with E-state index >= 15 is 0 Å². The van der Waals surface area contributed by atoms with E-state index in [0.717, 1.165) is 24.7 Å². The zero-order valence-corrected chi connectivity index (χ0v) is 18.5. The molecular weight excluding hydrogens is 398 g/mol. The van der Waals surface area contributed by atoms with Crippen LogP contribution in [0.3, 0.4) is 0 Å². The fourth-order valence-corrected chi connectivity index (χ4v) is 8.38. The average Bonchev–Trinajstić information content (AvgIpc) is 2.71. The lowest BCUT2D eigenvalue weighted by atomic mass is 9.54. The molecule has 166 valence electrons. The van der Waals surface area contributed by atoms with E-state index in [2.05, 4.69) is 17.4 Å². The Kier molecular flexibility index (Phi) is 5.84. The van der Waals surface area contributed by atoms with Gasteiger partial charge in [-0.1, -0.05) is 41.3 Å². The molecule has 0 unspecified atom stereocenters. The molecule has 4 bridgehead atoms. The molecule has 6 nitrogen and oxygen atoms in total. The van der Waals surface area contributed by atoms with Crippen LogP contribution < -0.4 is 5.32 Å². The van der Waals surface area contributed by atoms with Crippen LogP contribution in [0.1, 0.15) is 44.1 Å². The molecule has 4 aliphatic carbocycles. The van der Waals surface area contributed by atoms with Gasteiger partial charge in [0.25, 0.3) is 0 Å². The molecule has 1 aliphatic heterocycles. The van der Waals surface area contributed by atoms with E-state index in [1.807, 2.05) is 18.2 Å². The normalized spacial score (nSPS) is 36.5. The van der Waals surface area contributed by atoms with E-state index < -0.39 is 11.0 Å². The van der Waals surface area contributed by atoms with Crippen molar-refractivity contribution in [3.8, 4) is 0 Å². The number of hydrogen-bond acceptors (Lipinski definition) is 5. The minimum atomic E-state index is -3.08. The number of amides is 1. The summed E-state index contributed by atoms with van der Waals surface area (Å²) in [5.74, 6) is 2.99. The van der Waals surface area contributed by atoms with Crippen LogP contribution in [0.25, 0.3) is 0 Å².